The summed E-state index contributed by atoms with van der Waals surface area (Å²) < 4.78 is 31.7. The molecule has 0 atom stereocenters. The third-order valence-electron chi connectivity index (χ3n) is 2.01. The minimum Gasteiger partial charge on any atom is -0.367 e. The van der Waals surface area contributed by atoms with Crippen LogP contribution in [0.4, 0.5) is 0 Å². The van der Waals surface area contributed by atoms with Crippen LogP contribution in [0.2, 0.25) is 0 Å². The summed E-state index contributed by atoms with van der Waals surface area (Å²) in [6, 6.07) is -0.511. The molecule has 0 spiro atoms. The van der Waals surface area contributed by atoms with E-state index in [2.05, 4.69) is 10.3 Å². The molecule has 0 aliphatic rings. The van der Waals surface area contributed by atoms with Gasteiger partial charge in [-0.2, -0.15) is 0 Å². The number of hydrogen-bond acceptors (Lipinski definition) is 2. The standard InChI is InChI=1S/C11H12N2S2/c1-15-11(14)13-7-8-6-12-10-5-3-2-4-9(8)10/h2-6,12H,7H2,1H3,(H,13,14)/i2D,3D,4D,5D. The lowest BCUT2D eigenvalue weighted by atomic mass is 10.2. The second kappa shape index (κ2) is 4.68. The molecular weight excluding hydrogens is 224 g/mol. The third kappa shape index (κ3) is 2.33. The highest BCUT2D eigenvalue weighted by Gasteiger charge is 2.02. The van der Waals surface area contributed by atoms with Crippen LogP contribution in [0.25, 0.3) is 10.9 Å². The molecule has 0 aliphatic carbocycles. The van der Waals surface area contributed by atoms with Crippen LogP contribution in [0.3, 0.4) is 0 Å². The van der Waals surface area contributed by atoms with Gasteiger partial charge in [0.2, 0.25) is 0 Å². The van der Waals surface area contributed by atoms with Gasteiger partial charge in [0, 0.05) is 23.6 Å². The Morgan fingerprint density at radius 1 is 1.60 bits per heavy atom. The Morgan fingerprint density at radius 3 is 3.20 bits per heavy atom. The molecule has 1 heterocycles. The zero-order chi connectivity index (χ0) is 14.2. The van der Waals surface area contributed by atoms with E-state index in [9.17, 15) is 0 Å². The number of hydrogen-bond donors (Lipinski definition) is 2. The molecule has 0 bridgehead atoms. The van der Waals surface area contributed by atoms with E-state index in [4.69, 9.17) is 17.7 Å². The van der Waals surface area contributed by atoms with Crippen LogP contribution in [0.15, 0.2) is 30.4 Å². The number of rotatable bonds is 2. The lowest BCUT2D eigenvalue weighted by Gasteiger charge is -2.03. The lowest BCUT2D eigenvalue weighted by Crippen LogP contribution is -2.16. The predicted octanol–water partition coefficient (Wildman–Crippen LogP) is 2.91. The normalized spacial score (nSPS) is 14.2. The van der Waals surface area contributed by atoms with E-state index in [1.165, 1.54) is 11.8 Å². The molecule has 0 radical (unpaired) electrons. The highest BCUT2D eigenvalue weighted by Crippen LogP contribution is 2.17. The van der Waals surface area contributed by atoms with Gasteiger partial charge in [0.1, 0.15) is 4.32 Å². The molecular formula is C11H12N2S2. The number of nitrogens with one attached hydrogen (secondary N) is 2. The van der Waals surface area contributed by atoms with Crippen molar-refractivity contribution in [2.75, 3.05) is 6.26 Å². The fraction of sp³-hybridized carbons (Fsp3) is 0.182. The summed E-state index contributed by atoms with van der Waals surface area (Å²) in [6.07, 6.45) is 3.56. The van der Waals surface area contributed by atoms with Crippen LogP contribution in [0, 0.1) is 0 Å². The molecule has 0 fully saturated rings. The van der Waals surface area contributed by atoms with E-state index in [0.29, 0.717) is 21.8 Å². The minimum absolute atomic E-state index is 0.0240. The molecule has 4 heteroatoms. The summed E-state index contributed by atoms with van der Waals surface area (Å²) in [4.78, 5) is 2.91. The maximum Gasteiger partial charge on any atom is 0.133 e. The van der Waals surface area contributed by atoms with Crippen molar-refractivity contribution in [2.45, 2.75) is 6.54 Å². The summed E-state index contributed by atoms with van der Waals surface area (Å²) in [5.41, 5.74) is 1.20. The minimum atomic E-state index is -0.224. The summed E-state index contributed by atoms with van der Waals surface area (Å²) in [5, 5.41) is 3.55. The highest BCUT2D eigenvalue weighted by molar-refractivity contribution is 8.22. The molecule has 0 saturated heterocycles. The number of benzene rings is 1. The van der Waals surface area contributed by atoms with Crippen molar-refractivity contribution < 1.29 is 5.48 Å². The Hall–Kier alpha value is -1.00. The first-order chi connectivity index (χ1) is 8.97. The van der Waals surface area contributed by atoms with Gasteiger partial charge in [-0.1, -0.05) is 30.3 Å². The van der Waals surface area contributed by atoms with Crippen LogP contribution in [0.1, 0.15) is 11.0 Å². The van der Waals surface area contributed by atoms with Crippen LogP contribution in [0.5, 0.6) is 0 Å². The quantitative estimate of drug-likeness (QED) is 0.791. The molecule has 2 nitrogen and oxygen atoms in total. The molecule has 0 amide bonds. The zero-order valence-corrected chi connectivity index (χ0v) is 9.73. The van der Waals surface area contributed by atoms with Crippen LogP contribution in [-0.2, 0) is 6.54 Å². The van der Waals surface area contributed by atoms with Crippen molar-refractivity contribution in [3.8, 4) is 0 Å². The van der Waals surface area contributed by atoms with Gasteiger partial charge in [-0.25, -0.2) is 0 Å². The zero-order valence-electron chi connectivity index (χ0n) is 12.1. The third-order valence-corrected chi connectivity index (χ3v) is 3.17. The van der Waals surface area contributed by atoms with Crippen molar-refractivity contribution >= 4 is 39.2 Å². The molecule has 2 N–H and O–H groups in total. The van der Waals surface area contributed by atoms with Crippen LogP contribution >= 0.6 is 24.0 Å². The van der Waals surface area contributed by atoms with E-state index < -0.39 is 0 Å². The average Bonchev–Trinajstić information content (AvgIpc) is 2.84. The SMILES string of the molecule is [2H]c1c([2H])c([2H])c2c(CNC(=S)SC)c[nH]c2c1[2H]. The Balaban J connectivity index is 2.50. The topological polar surface area (TPSA) is 27.8 Å². The summed E-state index contributed by atoms with van der Waals surface area (Å²) in [5.74, 6) is 0. The molecule has 2 aromatic rings. The molecule has 15 heavy (non-hydrogen) atoms. The first-order valence-electron chi connectivity index (χ1n) is 6.35. The van der Waals surface area contributed by atoms with E-state index >= 15 is 0 Å². The summed E-state index contributed by atoms with van der Waals surface area (Å²) in [6.45, 7) is 0.432. The number of thiocarbonyl (C=S) groups is 1. The first kappa shape index (κ1) is 6.55. The average molecular weight is 240 g/mol. The molecule has 0 unspecified atom stereocenters. The van der Waals surface area contributed by atoms with E-state index in [0.717, 1.165) is 5.56 Å². The van der Waals surface area contributed by atoms with Gasteiger partial charge in [0.15, 0.2) is 0 Å². The van der Waals surface area contributed by atoms with Crippen molar-refractivity contribution in [1.82, 2.24) is 10.3 Å². The van der Waals surface area contributed by atoms with Gasteiger partial charge >= 0.3 is 0 Å². The molecule has 0 aliphatic heterocycles. The highest BCUT2D eigenvalue weighted by atomic mass is 32.2. The smallest absolute Gasteiger partial charge is 0.133 e. The number of thioether (sulfide) groups is 1. The van der Waals surface area contributed by atoms with Crippen molar-refractivity contribution in [3.05, 3.63) is 35.9 Å². The molecule has 1 aromatic heterocycles. The number of aromatic nitrogens is 1. The number of H-pyrrole nitrogens is 1. The Bertz CT molecular complexity index is 654. The monoisotopic (exact) mass is 240 g/mol. The Labute approximate surface area is 104 Å². The number of para-hydroxylation sites is 1. The first-order valence-corrected chi connectivity index (χ1v) is 5.98. The Morgan fingerprint density at radius 2 is 2.40 bits per heavy atom. The fourth-order valence-corrected chi connectivity index (χ4v) is 1.56. The van der Waals surface area contributed by atoms with Crippen molar-refractivity contribution in [1.29, 1.82) is 0 Å². The summed E-state index contributed by atoms with van der Waals surface area (Å²) >= 11 is 6.47. The molecule has 0 saturated carbocycles. The number of fused-ring (bicyclic) bond motifs is 1. The van der Waals surface area contributed by atoms with E-state index in [1.807, 2.05) is 6.26 Å². The van der Waals surface area contributed by atoms with Crippen molar-refractivity contribution in [3.63, 3.8) is 0 Å². The predicted molar refractivity (Wildman–Crippen MR) is 71.3 cm³/mol. The van der Waals surface area contributed by atoms with Gasteiger partial charge in [0.25, 0.3) is 0 Å². The van der Waals surface area contributed by atoms with Crippen LogP contribution in [-0.4, -0.2) is 15.6 Å². The maximum atomic E-state index is 7.94. The van der Waals surface area contributed by atoms with Crippen molar-refractivity contribution in [2.24, 2.45) is 0 Å². The molecule has 78 valence electrons. The van der Waals surface area contributed by atoms with Gasteiger partial charge in [-0.3, -0.25) is 0 Å². The van der Waals surface area contributed by atoms with E-state index in [1.54, 1.807) is 6.20 Å². The molecule has 2 rings (SSSR count). The van der Waals surface area contributed by atoms with Gasteiger partial charge in [-0.15, -0.1) is 11.8 Å². The largest absolute Gasteiger partial charge is 0.367 e. The summed E-state index contributed by atoms with van der Waals surface area (Å²) in [7, 11) is 0. The second-order valence-corrected chi connectivity index (χ2v) is 4.39. The molecule has 1 aromatic carbocycles. The lowest BCUT2D eigenvalue weighted by molar-refractivity contribution is 0.948. The van der Waals surface area contributed by atoms with Crippen LogP contribution < -0.4 is 5.32 Å². The van der Waals surface area contributed by atoms with Gasteiger partial charge in [-0.05, 0) is 17.9 Å². The maximum absolute atomic E-state index is 7.94. The van der Waals surface area contributed by atoms with E-state index in [-0.39, 0.29) is 24.2 Å². The number of aromatic amines is 1. The van der Waals surface area contributed by atoms with Gasteiger partial charge in [0.05, 0.1) is 5.48 Å². The second-order valence-electron chi connectivity index (χ2n) is 2.91. The Kier molecular flexibility index (Phi) is 2.04. The van der Waals surface area contributed by atoms with Gasteiger partial charge < -0.3 is 10.3 Å². The fourth-order valence-electron chi connectivity index (χ4n) is 1.27.